The van der Waals surface area contributed by atoms with Gasteiger partial charge in [-0.1, -0.05) is 0 Å². The Hall–Kier alpha value is -1.50. The fourth-order valence-electron chi connectivity index (χ4n) is 1.46. The van der Waals surface area contributed by atoms with Gasteiger partial charge < -0.3 is 21.1 Å². The Morgan fingerprint density at radius 2 is 2.16 bits per heavy atom. The molecule has 19 heavy (non-hydrogen) atoms. The summed E-state index contributed by atoms with van der Waals surface area (Å²) in [6.07, 6.45) is 0.390. The zero-order chi connectivity index (χ0) is 14.5. The van der Waals surface area contributed by atoms with Crippen LogP contribution in [0.5, 0.6) is 5.75 Å². The number of amides is 1. The van der Waals surface area contributed by atoms with E-state index in [0.717, 1.165) is 5.00 Å². The molecule has 0 spiro atoms. The van der Waals surface area contributed by atoms with Crippen LogP contribution < -0.4 is 21.1 Å². The number of nitrogen functional groups attached to an aromatic ring is 1. The zero-order valence-corrected chi connectivity index (χ0v) is 12.7. The summed E-state index contributed by atoms with van der Waals surface area (Å²) >= 11 is 1.24. The Balaban J connectivity index is 2.43. The Labute approximate surface area is 117 Å². The topological polar surface area (TPSA) is 89.3 Å². The molecule has 0 atom stereocenters. The minimum atomic E-state index is -0.206. The van der Waals surface area contributed by atoms with Crippen molar-refractivity contribution >= 4 is 28.3 Å². The Kier molecular flexibility index (Phi) is 5.41. The molecule has 1 rings (SSSR count). The first-order chi connectivity index (χ1) is 8.83. The number of hydrogen-bond donors (Lipinski definition) is 3. The number of nitrogens with two attached hydrogens (primary N) is 1. The number of ether oxygens (including phenoxy) is 1. The van der Waals surface area contributed by atoms with Crippen LogP contribution in [-0.4, -0.2) is 29.0 Å². The second-order valence-corrected chi connectivity index (χ2v) is 5.91. The molecule has 0 aliphatic carbocycles. The van der Waals surface area contributed by atoms with Crippen LogP contribution in [0.15, 0.2) is 0 Å². The molecule has 1 amide bonds. The van der Waals surface area contributed by atoms with E-state index in [2.05, 4.69) is 15.0 Å². The molecule has 0 unspecified atom stereocenters. The van der Waals surface area contributed by atoms with E-state index in [1.165, 1.54) is 11.5 Å². The highest BCUT2D eigenvalue weighted by Crippen LogP contribution is 2.34. The molecular formula is C12H22N4O2S. The Morgan fingerprint density at radius 1 is 1.47 bits per heavy atom. The molecule has 108 valence electrons. The fraction of sp³-hybridized carbons (Fsp3) is 0.667. The first-order valence-corrected chi connectivity index (χ1v) is 7.03. The van der Waals surface area contributed by atoms with Crippen LogP contribution in [0.4, 0.5) is 10.8 Å². The van der Waals surface area contributed by atoms with Crippen molar-refractivity contribution in [3.05, 3.63) is 0 Å². The molecule has 7 heteroatoms. The van der Waals surface area contributed by atoms with Gasteiger partial charge in [0.15, 0.2) is 16.6 Å². The summed E-state index contributed by atoms with van der Waals surface area (Å²) in [7, 11) is 0. The number of rotatable bonds is 6. The quantitative estimate of drug-likeness (QED) is 0.742. The number of nitrogens with one attached hydrogen (secondary N) is 2. The van der Waals surface area contributed by atoms with Crippen LogP contribution >= 0.6 is 11.5 Å². The van der Waals surface area contributed by atoms with E-state index in [9.17, 15) is 4.79 Å². The van der Waals surface area contributed by atoms with Crippen LogP contribution in [0, 0.1) is 0 Å². The third-order valence-electron chi connectivity index (χ3n) is 2.11. The molecule has 1 aromatic rings. The van der Waals surface area contributed by atoms with Crippen molar-refractivity contribution in [3.8, 4) is 5.75 Å². The molecule has 0 saturated carbocycles. The van der Waals surface area contributed by atoms with Gasteiger partial charge in [0, 0.05) is 18.5 Å². The molecule has 1 heterocycles. The summed E-state index contributed by atoms with van der Waals surface area (Å²) in [6.45, 7) is 8.79. The van der Waals surface area contributed by atoms with Gasteiger partial charge in [-0.15, -0.1) is 0 Å². The van der Waals surface area contributed by atoms with Gasteiger partial charge in [0.05, 0.1) is 6.61 Å². The lowest BCUT2D eigenvalue weighted by Gasteiger charge is -2.20. The van der Waals surface area contributed by atoms with Crippen molar-refractivity contribution in [1.82, 2.24) is 9.69 Å². The molecule has 0 radical (unpaired) electrons. The van der Waals surface area contributed by atoms with E-state index in [0.29, 0.717) is 31.1 Å². The van der Waals surface area contributed by atoms with Crippen LogP contribution in [0.1, 0.15) is 34.1 Å². The lowest BCUT2D eigenvalue weighted by molar-refractivity contribution is -0.122. The van der Waals surface area contributed by atoms with Crippen molar-refractivity contribution in [2.24, 2.45) is 0 Å². The van der Waals surface area contributed by atoms with Crippen LogP contribution in [0.2, 0.25) is 0 Å². The van der Waals surface area contributed by atoms with Gasteiger partial charge in [-0.2, -0.15) is 4.37 Å². The highest BCUT2D eigenvalue weighted by atomic mass is 32.1. The predicted molar refractivity (Wildman–Crippen MR) is 78.7 cm³/mol. The summed E-state index contributed by atoms with van der Waals surface area (Å²) in [4.78, 5) is 11.6. The molecule has 0 aliphatic rings. The molecular weight excluding hydrogens is 264 g/mol. The highest BCUT2D eigenvalue weighted by Gasteiger charge is 2.15. The molecule has 0 saturated heterocycles. The molecule has 0 fully saturated rings. The van der Waals surface area contributed by atoms with E-state index in [1.807, 2.05) is 27.7 Å². The van der Waals surface area contributed by atoms with Gasteiger partial charge >= 0.3 is 0 Å². The van der Waals surface area contributed by atoms with Crippen molar-refractivity contribution in [3.63, 3.8) is 0 Å². The van der Waals surface area contributed by atoms with Crippen molar-refractivity contribution in [1.29, 1.82) is 0 Å². The Morgan fingerprint density at radius 3 is 2.74 bits per heavy atom. The number of carbonyl (C=O) groups excluding carboxylic acids is 1. The van der Waals surface area contributed by atoms with Crippen molar-refractivity contribution in [2.75, 3.05) is 24.2 Å². The summed E-state index contributed by atoms with van der Waals surface area (Å²) in [5.74, 6) is 0.965. The first-order valence-electron chi connectivity index (χ1n) is 6.26. The molecule has 1 aromatic heterocycles. The number of hydrogen-bond acceptors (Lipinski definition) is 6. The molecule has 0 aliphatic heterocycles. The summed E-state index contributed by atoms with van der Waals surface area (Å²) < 4.78 is 9.43. The average molecular weight is 286 g/mol. The number of carbonyl (C=O) groups is 1. The van der Waals surface area contributed by atoms with Crippen LogP contribution in [-0.2, 0) is 4.79 Å². The third-order valence-corrected chi connectivity index (χ3v) is 2.92. The van der Waals surface area contributed by atoms with Gasteiger partial charge in [-0.25, -0.2) is 0 Å². The predicted octanol–water partition coefficient (Wildman–Crippen LogP) is 1.84. The maximum atomic E-state index is 11.6. The summed E-state index contributed by atoms with van der Waals surface area (Å²) in [6, 6.07) is 0. The maximum absolute atomic E-state index is 11.6. The van der Waals surface area contributed by atoms with Crippen LogP contribution in [0.25, 0.3) is 0 Å². The van der Waals surface area contributed by atoms with E-state index in [-0.39, 0.29) is 11.4 Å². The number of aromatic nitrogens is 1. The zero-order valence-electron chi connectivity index (χ0n) is 11.9. The monoisotopic (exact) mass is 286 g/mol. The summed E-state index contributed by atoms with van der Waals surface area (Å²) in [5.41, 5.74) is 5.49. The minimum Gasteiger partial charge on any atom is -0.487 e. The fourth-order valence-corrected chi connectivity index (χ4v) is 2.15. The smallest absolute Gasteiger partial charge is 0.222 e. The van der Waals surface area contributed by atoms with Crippen LogP contribution in [0.3, 0.4) is 0 Å². The minimum absolute atomic E-state index is 0.00967. The van der Waals surface area contributed by atoms with Crippen molar-refractivity contribution in [2.45, 2.75) is 39.7 Å². The van der Waals surface area contributed by atoms with E-state index in [4.69, 9.17) is 10.5 Å². The van der Waals surface area contributed by atoms with Gasteiger partial charge in [0.2, 0.25) is 5.91 Å². The molecule has 0 bridgehead atoms. The van der Waals surface area contributed by atoms with Gasteiger partial charge in [0.25, 0.3) is 0 Å². The SMILES string of the molecule is CCOc1c(N)nsc1NCCC(=O)NC(C)(C)C. The highest BCUT2D eigenvalue weighted by molar-refractivity contribution is 7.11. The van der Waals surface area contributed by atoms with Crippen molar-refractivity contribution < 1.29 is 9.53 Å². The molecule has 0 aromatic carbocycles. The maximum Gasteiger partial charge on any atom is 0.222 e. The van der Waals surface area contributed by atoms with E-state index >= 15 is 0 Å². The standard InChI is InChI=1S/C12H22N4O2S/c1-5-18-9-10(13)16-19-11(9)14-7-6-8(17)15-12(2,3)4/h14H,5-7H2,1-4H3,(H2,13,16)(H,15,17). The first kappa shape index (κ1) is 15.6. The average Bonchev–Trinajstić information content (AvgIpc) is 2.59. The van der Waals surface area contributed by atoms with Gasteiger partial charge in [-0.05, 0) is 39.2 Å². The summed E-state index contributed by atoms with van der Waals surface area (Å²) in [5, 5.41) is 6.80. The van der Waals surface area contributed by atoms with E-state index < -0.39 is 0 Å². The molecule has 6 nitrogen and oxygen atoms in total. The second-order valence-electron chi connectivity index (χ2n) is 5.13. The largest absolute Gasteiger partial charge is 0.487 e. The Bertz CT molecular complexity index is 426. The number of anilines is 2. The molecule has 4 N–H and O–H groups in total. The number of nitrogens with zero attached hydrogens (tertiary/aromatic N) is 1. The normalized spacial score (nSPS) is 11.2. The van der Waals surface area contributed by atoms with Gasteiger partial charge in [-0.3, -0.25) is 4.79 Å². The lowest BCUT2D eigenvalue weighted by atomic mass is 10.1. The van der Waals surface area contributed by atoms with E-state index in [1.54, 1.807) is 0 Å². The van der Waals surface area contributed by atoms with Gasteiger partial charge in [0.1, 0.15) is 0 Å². The lowest BCUT2D eigenvalue weighted by Crippen LogP contribution is -2.41. The second kappa shape index (κ2) is 6.60. The third kappa shape index (κ3) is 5.34.